The zero-order valence-electron chi connectivity index (χ0n) is 5.05. The van der Waals surface area contributed by atoms with Crippen LogP contribution in [0.2, 0.25) is 0 Å². The van der Waals surface area contributed by atoms with Crippen molar-refractivity contribution in [1.29, 1.82) is 0 Å². The van der Waals surface area contributed by atoms with Gasteiger partial charge in [0.2, 0.25) is 0 Å². The summed E-state index contributed by atoms with van der Waals surface area (Å²) in [6.07, 6.45) is 1.28. The maximum atomic E-state index is 8.40. The number of rotatable bonds is 2. The van der Waals surface area contributed by atoms with E-state index < -0.39 is 0 Å². The zero-order chi connectivity index (χ0) is 5.86. The van der Waals surface area contributed by atoms with Gasteiger partial charge in [-0.25, -0.2) is 0 Å². The fourth-order valence-electron chi connectivity index (χ4n) is 0.302. The molecule has 0 unspecified atom stereocenters. The van der Waals surface area contributed by atoms with Gasteiger partial charge in [-0.3, -0.25) is 0 Å². The normalized spacial score (nSPS) is 6.75. The SMILES string of the molecule is CC(=[OH+])[CH-]C(C)=[OH+].[Tl+3]. The van der Waals surface area contributed by atoms with Crippen molar-refractivity contribution in [3.05, 3.63) is 6.42 Å². The van der Waals surface area contributed by atoms with Crippen molar-refractivity contribution in [2.75, 3.05) is 0 Å². The van der Waals surface area contributed by atoms with Gasteiger partial charge in [-0.05, 0) is 0 Å². The smallest absolute Gasteiger partial charge is 0.316 e. The average Bonchev–Trinajstić information content (AvgIpc) is 1.27. The van der Waals surface area contributed by atoms with E-state index in [1.165, 1.54) is 20.3 Å². The summed E-state index contributed by atoms with van der Waals surface area (Å²) < 4.78 is 0. The van der Waals surface area contributed by atoms with E-state index in [2.05, 4.69) is 0 Å². The quantitative estimate of drug-likeness (QED) is 0.297. The Kier molecular flexibility index (Phi) is 7.25. The number of hydrogen-bond acceptors (Lipinski definition) is 0. The van der Waals surface area contributed by atoms with Crippen LogP contribution < -0.4 is 0 Å². The first-order valence-electron chi connectivity index (χ1n) is 2.02. The van der Waals surface area contributed by atoms with Gasteiger partial charge in [0.1, 0.15) is 0 Å². The van der Waals surface area contributed by atoms with Gasteiger partial charge >= 0.3 is 27.3 Å². The van der Waals surface area contributed by atoms with Crippen LogP contribution in [0.15, 0.2) is 0 Å². The van der Waals surface area contributed by atoms with Gasteiger partial charge in [-0.2, -0.15) is 6.42 Å². The van der Waals surface area contributed by atoms with E-state index in [4.69, 9.17) is 9.59 Å². The molecule has 40 valence electrons. The van der Waals surface area contributed by atoms with Crippen molar-refractivity contribution >= 4 is 38.9 Å². The fraction of sp³-hybridized carbons (Fsp3) is 0.400. The minimum absolute atomic E-state index is 0. The fourth-order valence-corrected chi connectivity index (χ4v) is 0.302. The van der Waals surface area contributed by atoms with E-state index in [1.54, 1.807) is 0 Å². The van der Waals surface area contributed by atoms with E-state index in [-0.39, 0.29) is 38.9 Å². The molecule has 0 saturated heterocycles. The molecule has 8 heavy (non-hydrogen) atoms. The molecular formula is C5H9O2Tl+4. The minimum Gasteiger partial charge on any atom is -0.316 e. The molecular weight excluding hydrogens is 296 g/mol. The minimum atomic E-state index is 0. The predicted molar refractivity (Wildman–Crippen MR) is 35.3 cm³/mol. The molecule has 0 aromatic heterocycles. The second-order valence-electron chi connectivity index (χ2n) is 1.43. The first-order chi connectivity index (χ1) is 3.13. The molecule has 0 atom stereocenters. The second-order valence-corrected chi connectivity index (χ2v) is 1.43. The summed E-state index contributed by atoms with van der Waals surface area (Å²) in [4.78, 5) is 16.8. The van der Waals surface area contributed by atoms with Gasteiger partial charge in [0.15, 0.2) is 11.6 Å². The van der Waals surface area contributed by atoms with Crippen LogP contribution in [0.1, 0.15) is 13.8 Å². The molecule has 0 rings (SSSR count). The number of hydrogen-bond donors (Lipinski definition) is 0. The Morgan fingerprint density at radius 2 is 1.38 bits per heavy atom. The van der Waals surface area contributed by atoms with E-state index in [9.17, 15) is 0 Å². The Labute approximate surface area is 68.8 Å². The van der Waals surface area contributed by atoms with Crippen LogP contribution in [0.3, 0.4) is 0 Å². The summed E-state index contributed by atoms with van der Waals surface area (Å²) in [5, 5.41) is 0. The largest absolute Gasteiger partial charge is 3.00 e. The Morgan fingerprint density at radius 3 is 1.38 bits per heavy atom. The standard InChI is InChI=1S/C5H7O2.Tl/c1-4(6)3-5(2)7;/h3H,1-2H3;/q-1;+3/p+2. The van der Waals surface area contributed by atoms with E-state index in [0.29, 0.717) is 0 Å². The number of ketones is 2. The second kappa shape index (κ2) is 5.27. The molecule has 0 saturated carbocycles. The zero-order valence-corrected chi connectivity index (χ0v) is 9.54. The van der Waals surface area contributed by atoms with Crippen LogP contribution >= 0.6 is 0 Å². The average molecular weight is 306 g/mol. The first kappa shape index (κ1) is 11.0. The van der Waals surface area contributed by atoms with Crippen LogP contribution in [0, 0.1) is 6.42 Å². The third-order valence-corrected chi connectivity index (χ3v) is 0.418. The molecule has 0 aliphatic rings. The van der Waals surface area contributed by atoms with Gasteiger partial charge in [-0.15, -0.1) is 0 Å². The summed E-state index contributed by atoms with van der Waals surface area (Å²) in [6.45, 7) is 3.00. The van der Waals surface area contributed by atoms with E-state index in [0.717, 1.165) is 0 Å². The molecule has 0 aromatic carbocycles. The van der Waals surface area contributed by atoms with Crippen molar-refractivity contribution in [2.45, 2.75) is 13.8 Å². The maximum Gasteiger partial charge on any atom is 3.00 e. The molecule has 3 heteroatoms. The Hall–Kier alpha value is 0.132. The van der Waals surface area contributed by atoms with Gasteiger partial charge in [0, 0.05) is 13.8 Å². The number of carbonyl (C=O) groups excluding carboxylic acids is 2. The molecule has 0 aromatic rings. The molecule has 2 nitrogen and oxygen atoms in total. The van der Waals surface area contributed by atoms with Crippen LogP contribution in [-0.4, -0.2) is 48.5 Å². The van der Waals surface area contributed by atoms with Crippen LogP contribution in [-0.2, 0) is 0 Å². The molecule has 0 spiro atoms. The van der Waals surface area contributed by atoms with Crippen molar-refractivity contribution < 1.29 is 9.59 Å². The van der Waals surface area contributed by atoms with E-state index in [1.807, 2.05) is 0 Å². The Morgan fingerprint density at radius 1 is 1.12 bits per heavy atom. The topological polar surface area (TPSA) is 42.8 Å². The summed E-state index contributed by atoms with van der Waals surface area (Å²) in [7, 11) is 0. The van der Waals surface area contributed by atoms with Crippen LogP contribution in [0.4, 0.5) is 0 Å². The molecule has 0 aliphatic heterocycles. The molecule has 0 aliphatic carbocycles. The van der Waals surface area contributed by atoms with Gasteiger partial charge < -0.3 is 9.59 Å². The molecule has 0 radical (unpaired) electrons. The molecule has 0 amide bonds. The third kappa shape index (κ3) is 9.46. The molecule has 0 bridgehead atoms. The molecule has 0 heterocycles. The molecule has 0 fully saturated rings. The summed E-state index contributed by atoms with van der Waals surface area (Å²) in [5.74, 6) is 0.250. The van der Waals surface area contributed by atoms with Crippen molar-refractivity contribution in [1.82, 2.24) is 0 Å². The van der Waals surface area contributed by atoms with Crippen LogP contribution in [0.25, 0.3) is 0 Å². The molecule has 2 N–H and O–H groups in total. The monoisotopic (exact) mass is 306 g/mol. The van der Waals surface area contributed by atoms with Gasteiger partial charge in [0.05, 0.1) is 0 Å². The van der Waals surface area contributed by atoms with Crippen molar-refractivity contribution in [3.63, 3.8) is 0 Å². The van der Waals surface area contributed by atoms with Crippen molar-refractivity contribution in [3.8, 4) is 0 Å². The van der Waals surface area contributed by atoms with Crippen LogP contribution in [0.5, 0.6) is 0 Å². The Bertz CT molecular complexity index is 86.6. The third-order valence-electron chi connectivity index (χ3n) is 0.418. The predicted octanol–water partition coefficient (Wildman–Crippen LogP) is -0.0605. The van der Waals surface area contributed by atoms with Gasteiger partial charge in [-0.1, -0.05) is 0 Å². The Balaban J connectivity index is 0. The first-order valence-corrected chi connectivity index (χ1v) is 2.02. The van der Waals surface area contributed by atoms with E-state index >= 15 is 0 Å². The summed E-state index contributed by atoms with van der Waals surface area (Å²) in [6, 6.07) is 0. The maximum absolute atomic E-state index is 8.40. The summed E-state index contributed by atoms with van der Waals surface area (Å²) in [5.41, 5.74) is 0. The van der Waals surface area contributed by atoms with Crippen molar-refractivity contribution in [2.24, 2.45) is 0 Å². The van der Waals surface area contributed by atoms with Gasteiger partial charge in [0.25, 0.3) is 0 Å². The summed E-state index contributed by atoms with van der Waals surface area (Å²) >= 11 is 0.